The summed E-state index contributed by atoms with van der Waals surface area (Å²) in [6.07, 6.45) is 4.37. The van der Waals surface area contributed by atoms with Crippen LogP contribution in [0, 0.1) is 12.7 Å². The van der Waals surface area contributed by atoms with Crippen LogP contribution >= 0.6 is 0 Å². The first-order chi connectivity index (χ1) is 6.24. The van der Waals surface area contributed by atoms with Gasteiger partial charge in [-0.15, -0.1) is 0 Å². The summed E-state index contributed by atoms with van der Waals surface area (Å²) in [6.45, 7) is 1.90. The summed E-state index contributed by atoms with van der Waals surface area (Å²) in [6, 6.07) is 4.89. The van der Waals surface area contributed by atoms with Crippen LogP contribution in [0.5, 0.6) is 0 Å². The summed E-state index contributed by atoms with van der Waals surface area (Å²) in [5.74, 6) is -0.257. The molecule has 0 aliphatic heterocycles. The molecule has 1 aromatic rings. The third-order valence-electron chi connectivity index (χ3n) is 1.68. The maximum atomic E-state index is 13.1. The Balaban J connectivity index is 2.86. The summed E-state index contributed by atoms with van der Waals surface area (Å²) < 4.78 is 13.1. The van der Waals surface area contributed by atoms with E-state index in [2.05, 4.69) is 0 Å². The smallest absolute Gasteiger partial charge is 0.130 e. The SMILES string of the molecule is Cc1ccc(F)c(C=CCC=O)c1. The third kappa shape index (κ3) is 2.82. The minimum atomic E-state index is -0.257. The summed E-state index contributed by atoms with van der Waals surface area (Å²) in [7, 11) is 0. The van der Waals surface area contributed by atoms with Crippen molar-refractivity contribution >= 4 is 12.4 Å². The van der Waals surface area contributed by atoms with Gasteiger partial charge in [-0.1, -0.05) is 23.8 Å². The van der Waals surface area contributed by atoms with Gasteiger partial charge in [-0.25, -0.2) is 4.39 Å². The molecule has 0 aliphatic rings. The van der Waals surface area contributed by atoms with E-state index >= 15 is 0 Å². The molecular weight excluding hydrogens is 167 g/mol. The van der Waals surface area contributed by atoms with Crippen molar-refractivity contribution in [3.63, 3.8) is 0 Å². The lowest BCUT2D eigenvalue weighted by Gasteiger charge is -1.97. The molecule has 0 saturated heterocycles. The van der Waals surface area contributed by atoms with Crippen LogP contribution < -0.4 is 0 Å². The molecular formula is C11H11FO. The van der Waals surface area contributed by atoms with E-state index in [1.807, 2.05) is 6.92 Å². The van der Waals surface area contributed by atoms with Crippen molar-refractivity contribution in [3.8, 4) is 0 Å². The van der Waals surface area contributed by atoms with Crippen molar-refractivity contribution in [3.05, 3.63) is 41.2 Å². The predicted molar refractivity (Wildman–Crippen MR) is 50.9 cm³/mol. The summed E-state index contributed by atoms with van der Waals surface area (Å²) in [5.41, 5.74) is 1.54. The molecule has 0 saturated carbocycles. The lowest BCUT2D eigenvalue weighted by Crippen LogP contribution is -1.83. The molecule has 0 spiro atoms. The zero-order valence-corrected chi connectivity index (χ0v) is 7.46. The van der Waals surface area contributed by atoms with E-state index in [4.69, 9.17) is 0 Å². The van der Waals surface area contributed by atoms with E-state index in [-0.39, 0.29) is 5.82 Å². The highest BCUT2D eigenvalue weighted by Crippen LogP contribution is 2.11. The maximum absolute atomic E-state index is 13.1. The molecule has 0 heterocycles. The van der Waals surface area contributed by atoms with E-state index in [9.17, 15) is 9.18 Å². The fourth-order valence-corrected chi connectivity index (χ4v) is 1.04. The number of rotatable bonds is 3. The quantitative estimate of drug-likeness (QED) is 0.650. The number of hydrogen-bond donors (Lipinski definition) is 0. The number of aryl methyl sites for hydroxylation is 1. The molecule has 0 radical (unpaired) electrons. The summed E-state index contributed by atoms with van der Waals surface area (Å²) in [4.78, 5) is 10.0. The fraction of sp³-hybridized carbons (Fsp3) is 0.182. The molecule has 2 heteroatoms. The highest BCUT2D eigenvalue weighted by molar-refractivity contribution is 5.58. The van der Waals surface area contributed by atoms with E-state index in [0.717, 1.165) is 11.8 Å². The van der Waals surface area contributed by atoms with Gasteiger partial charge in [0.05, 0.1) is 0 Å². The van der Waals surface area contributed by atoms with Crippen molar-refractivity contribution < 1.29 is 9.18 Å². The maximum Gasteiger partial charge on any atom is 0.130 e. The normalized spacial score (nSPS) is 10.6. The van der Waals surface area contributed by atoms with Crippen molar-refractivity contribution in [1.29, 1.82) is 0 Å². The number of aldehydes is 1. The van der Waals surface area contributed by atoms with Gasteiger partial charge in [0.15, 0.2) is 0 Å². The Morgan fingerprint density at radius 3 is 2.92 bits per heavy atom. The van der Waals surface area contributed by atoms with Crippen LogP contribution in [-0.4, -0.2) is 6.29 Å². The molecule has 0 amide bonds. The van der Waals surface area contributed by atoms with Gasteiger partial charge in [0.25, 0.3) is 0 Å². The molecule has 0 aliphatic carbocycles. The molecule has 68 valence electrons. The Hall–Kier alpha value is -1.44. The first-order valence-corrected chi connectivity index (χ1v) is 4.10. The number of benzene rings is 1. The number of carbonyl (C=O) groups is 1. The zero-order valence-electron chi connectivity index (χ0n) is 7.46. The molecule has 0 fully saturated rings. The highest BCUT2D eigenvalue weighted by Gasteiger charge is 1.96. The van der Waals surface area contributed by atoms with Gasteiger partial charge in [-0.3, -0.25) is 0 Å². The number of hydrogen-bond acceptors (Lipinski definition) is 1. The molecule has 0 N–H and O–H groups in total. The Morgan fingerprint density at radius 2 is 2.23 bits per heavy atom. The van der Waals surface area contributed by atoms with E-state index in [1.54, 1.807) is 24.3 Å². The molecule has 0 bridgehead atoms. The van der Waals surface area contributed by atoms with Crippen molar-refractivity contribution in [1.82, 2.24) is 0 Å². The lowest BCUT2D eigenvalue weighted by atomic mass is 10.1. The second-order valence-electron chi connectivity index (χ2n) is 2.83. The van der Waals surface area contributed by atoms with E-state index < -0.39 is 0 Å². The lowest BCUT2D eigenvalue weighted by molar-refractivity contribution is -0.107. The van der Waals surface area contributed by atoms with Crippen LogP contribution in [0.1, 0.15) is 17.5 Å². The average molecular weight is 178 g/mol. The van der Waals surface area contributed by atoms with E-state index in [0.29, 0.717) is 12.0 Å². The average Bonchev–Trinajstić information content (AvgIpc) is 2.11. The van der Waals surface area contributed by atoms with Gasteiger partial charge in [0.1, 0.15) is 12.1 Å². The molecule has 1 rings (SSSR count). The number of carbonyl (C=O) groups excluding carboxylic acids is 1. The Kier molecular flexibility index (Phi) is 3.38. The third-order valence-corrected chi connectivity index (χ3v) is 1.68. The van der Waals surface area contributed by atoms with Gasteiger partial charge in [-0.05, 0) is 19.1 Å². The number of halogens is 1. The molecule has 0 aromatic heterocycles. The minimum absolute atomic E-state index is 0.257. The van der Waals surface area contributed by atoms with Crippen LogP contribution in [0.15, 0.2) is 24.3 Å². The van der Waals surface area contributed by atoms with Gasteiger partial charge in [0, 0.05) is 12.0 Å². The second kappa shape index (κ2) is 4.55. The minimum Gasteiger partial charge on any atom is -0.303 e. The predicted octanol–water partition coefficient (Wildman–Crippen LogP) is 2.74. The molecule has 0 atom stereocenters. The first-order valence-electron chi connectivity index (χ1n) is 4.10. The molecule has 13 heavy (non-hydrogen) atoms. The van der Waals surface area contributed by atoms with Crippen LogP contribution in [0.2, 0.25) is 0 Å². The summed E-state index contributed by atoms with van der Waals surface area (Å²) in [5, 5.41) is 0. The molecule has 1 nitrogen and oxygen atoms in total. The van der Waals surface area contributed by atoms with Crippen molar-refractivity contribution in [2.75, 3.05) is 0 Å². The van der Waals surface area contributed by atoms with Crippen LogP contribution in [-0.2, 0) is 4.79 Å². The highest BCUT2D eigenvalue weighted by atomic mass is 19.1. The van der Waals surface area contributed by atoms with Crippen LogP contribution in [0.3, 0.4) is 0 Å². The number of allylic oxidation sites excluding steroid dienone is 1. The standard InChI is InChI=1S/C11H11FO/c1-9-5-6-11(12)10(8-9)4-2-3-7-13/h2,4-8H,3H2,1H3. The monoisotopic (exact) mass is 178 g/mol. The van der Waals surface area contributed by atoms with Crippen LogP contribution in [0.25, 0.3) is 6.08 Å². The summed E-state index contributed by atoms with van der Waals surface area (Å²) >= 11 is 0. The van der Waals surface area contributed by atoms with E-state index in [1.165, 1.54) is 6.07 Å². The molecule has 0 unspecified atom stereocenters. The Bertz CT molecular complexity index is 329. The zero-order chi connectivity index (χ0) is 9.68. The van der Waals surface area contributed by atoms with Crippen molar-refractivity contribution in [2.45, 2.75) is 13.3 Å². The largest absolute Gasteiger partial charge is 0.303 e. The van der Waals surface area contributed by atoms with Crippen LogP contribution in [0.4, 0.5) is 4.39 Å². The van der Waals surface area contributed by atoms with Gasteiger partial charge in [-0.2, -0.15) is 0 Å². The van der Waals surface area contributed by atoms with Gasteiger partial charge < -0.3 is 4.79 Å². The van der Waals surface area contributed by atoms with Gasteiger partial charge in [0.2, 0.25) is 0 Å². The topological polar surface area (TPSA) is 17.1 Å². The Morgan fingerprint density at radius 1 is 1.46 bits per heavy atom. The van der Waals surface area contributed by atoms with Crippen molar-refractivity contribution in [2.24, 2.45) is 0 Å². The molecule has 1 aromatic carbocycles. The second-order valence-corrected chi connectivity index (χ2v) is 2.83. The first kappa shape index (κ1) is 9.65. The fourth-order valence-electron chi connectivity index (χ4n) is 1.04. The Labute approximate surface area is 76.9 Å². The van der Waals surface area contributed by atoms with Gasteiger partial charge >= 0.3 is 0 Å².